The monoisotopic (exact) mass is 350 g/mol. The standard InChI is InChI=1S/C19H15ClN4O/c1-2-18-23-19(24-25-18)14-8-13-7-11(4-6-17(13)22-10-14)12-3-5-16(21)15(20)9-12/h3-10H,2,21H2,1H3. The van der Waals surface area contributed by atoms with E-state index < -0.39 is 0 Å². The van der Waals surface area contributed by atoms with Gasteiger partial charge in [-0.3, -0.25) is 4.98 Å². The first-order valence-corrected chi connectivity index (χ1v) is 8.30. The fraction of sp³-hybridized carbons (Fsp3) is 0.105. The number of aryl methyl sites for hydroxylation is 1. The molecule has 0 bridgehead atoms. The largest absolute Gasteiger partial charge is 0.398 e. The quantitative estimate of drug-likeness (QED) is 0.539. The fourth-order valence-electron chi connectivity index (χ4n) is 2.66. The summed E-state index contributed by atoms with van der Waals surface area (Å²) in [7, 11) is 0. The van der Waals surface area contributed by atoms with E-state index >= 15 is 0 Å². The summed E-state index contributed by atoms with van der Waals surface area (Å²) in [5.41, 5.74) is 10.1. The number of rotatable bonds is 3. The Hall–Kier alpha value is -2.92. The van der Waals surface area contributed by atoms with Gasteiger partial charge in [-0.2, -0.15) is 4.98 Å². The third-order valence-electron chi connectivity index (χ3n) is 4.04. The molecule has 0 saturated carbocycles. The molecule has 0 unspecified atom stereocenters. The molecule has 0 aliphatic rings. The van der Waals surface area contributed by atoms with Crippen LogP contribution in [0.15, 0.2) is 53.2 Å². The van der Waals surface area contributed by atoms with Crippen LogP contribution in [0.3, 0.4) is 0 Å². The lowest BCUT2D eigenvalue weighted by atomic mass is 10.0. The topological polar surface area (TPSA) is 77.8 Å². The molecule has 5 nitrogen and oxygen atoms in total. The number of hydrogen-bond donors (Lipinski definition) is 1. The first-order valence-electron chi connectivity index (χ1n) is 7.92. The summed E-state index contributed by atoms with van der Waals surface area (Å²) in [4.78, 5) is 8.85. The van der Waals surface area contributed by atoms with Crippen molar-refractivity contribution in [2.45, 2.75) is 13.3 Å². The van der Waals surface area contributed by atoms with E-state index in [9.17, 15) is 0 Å². The van der Waals surface area contributed by atoms with Crippen molar-refractivity contribution in [1.29, 1.82) is 0 Å². The number of hydrogen-bond acceptors (Lipinski definition) is 5. The molecule has 0 atom stereocenters. The molecule has 0 amide bonds. The van der Waals surface area contributed by atoms with E-state index in [-0.39, 0.29) is 0 Å². The zero-order chi connectivity index (χ0) is 17.4. The van der Waals surface area contributed by atoms with Crippen LogP contribution in [0.2, 0.25) is 5.02 Å². The number of pyridine rings is 1. The summed E-state index contributed by atoms with van der Waals surface area (Å²) in [6.07, 6.45) is 2.46. The maximum Gasteiger partial charge on any atom is 0.226 e. The Morgan fingerprint density at radius 3 is 2.56 bits per heavy atom. The molecular weight excluding hydrogens is 336 g/mol. The lowest BCUT2D eigenvalue weighted by molar-refractivity contribution is 0.383. The summed E-state index contributed by atoms with van der Waals surface area (Å²) >= 11 is 6.14. The van der Waals surface area contributed by atoms with Gasteiger partial charge in [0, 0.05) is 23.6 Å². The smallest absolute Gasteiger partial charge is 0.226 e. The van der Waals surface area contributed by atoms with E-state index in [1.54, 1.807) is 6.20 Å². The Morgan fingerprint density at radius 1 is 1.04 bits per heavy atom. The zero-order valence-corrected chi connectivity index (χ0v) is 14.3. The number of nitrogen functional groups attached to an aromatic ring is 1. The van der Waals surface area contributed by atoms with Crippen LogP contribution in [-0.2, 0) is 6.42 Å². The first kappa shape index (κ1) is 15.6. The van der Waals surface area contributed by atoms with Crippen LogP contribution >= 0.6 is 11.6 Å². The number of anilines is 1. The summed E-state index contributed by atoms with van der Waals surface area (Å²) in [6, 6.07) is 13.7. The van der Waals surface area contributed by atoms with Gasteiger partial charge >= 0.3 is 0 Å². The normalized spacial score (nSPS) is 11.1. The second-order valence-corrected chi connectivity index (χ2v) is 6.14. The van der Waals surface area contributed by atoms with Crippen molar-refractivity contribution in [3.63, 3.8) is 0 Å². The minimum absolute atomic E-state index is 0.545. The van der Waals surface area contributed by atoms with Gasteiger partial charge in [0.05, 0.1) is 16.2 Å². The molecule has 2 heterocycles. The van der Waals surface area contributed by atoms with Crippen LogP contribution in [-0.4, -0.2) is 15.1 Å². The van der Waals surface area contributed by atoms with Gasteiger partial charge in [0.2, 0.25) is 11.7 Å². The third-order valence-corrected chi connectivity index (χ3v) is 4.37. The van der Waals surface area contributed by atoms with Crippen LogP contribution in [0, 0.1) is 0 Å². The molecule has 2 aromatic carbocycles. The zero-order valence-electron chi connectivity index (χ0n) is 13.5. The Balaban J connectivity index is 1.79. The Labute approximate surface area is 149 Å². The Morgan fingerprint density at radius 2 is 1.80 bits per heavy atom. The maximum atomic E-state index is 6.14. The second kappa shape index (κ2) is 6.18. The predicted octanol–water partition coefficient (Wildman–Crippen LogP) is 4.75. The summed E-state index contributed by atoms with van der Waals surface area (Å²) in [5, 5.41) is 5.54. The Kier molecular flexibility index (Phi) is 3.86. The van der Waals surface area contributed by atoms with Crippen molar-refractivity contribution in [3.8, 4) is 22.5 Å². The molecule has 25 heavy (non-hydrogen) atoms. The van der Waals surface area contributed by atoms with E-state index in [2.05, 4.69) is 21.2 Å². The van der Waals surface area contributed by atoms with Crippen molar-refractivity contribution in [2.75, 3.05) is 5.73 Å². The number of halogens is 1. The van der Waals surface area contributed by atoms with Gasteiger partial charge in [-0.1, -0.05) is 35.8 Å². The van der Waals surface area contributed by atoms with Crippen molar-refractivity contribution in [1.82, 2.24) is 15.1 Å². The fourth-order valence-corrected chi connectivity index (χ4v) is 2.84. The minimum Gasteiger partial charge on any atom is -0.398 e. The Bertz CT molecular complexity index is 1070. The highest BCUT2D eigenvalue weighted by molar-refractivity contribution is 6.33. The first-order chi connectivity index (χ1) is 12.1. The number of fused-ring (bicyclic) bond motifs is 1. The van der Waals surface area contributed by atoms with E-state index in [0.717, 1.165) is 27.6 Å². The lowest BCUT2D eigenvalue weighted by Crippen LogP contribution is -1.88. The molecule has 0 aliphatic heterocycles. The number of nitrogens with zero attached hydrogens (tertiary/aromatic N) is 3. The predicted molar refractivity (Wildman–Crippen MR) is 99.3 cm³/mol. The second-order valence-electron chi connectivity index (χ2n) is 5.73. The van der Waals surface area contributed by atoms with Crippen molar-refractivity contribution >= 4 is 28.2 Å². The van der Waals surface area contributed by atoms with Gasteiger partial charge < -0.3 is 10.3 Å². The van der Waals surface area contributed by atoms with E-state index in [4.69, 9.17) is 21.9 Å². The summed E-state index contributed by atoms with van der Waals surface area (Å²) in [5.74, 6) is 1.16. The molecule has 0 saturated heterocycles. The van der Waals surface area contributed by atoms with Gasteiger partial charge in [0.15, 0.2) is 0 Å². The molecule has 4 aromatic rings. The number of aromatic nitrogens is 3. The molecule has 0 fully saturated rings. The molecule has 6 heteroatoms. The summed E-state index contributed by atoms with van der Waals surface area (Å²) in [6.45, 7) is 1.97. The van der Waals surface area contributed by atoms with Gasteiger partial charge in [0.1, 0.15) is 0 Å². The third kappa shape index (κ3) is 2.94. The maximum absolute atomic E-state index is 6.14. The van der Waals surface area contributed by atoms with Crippen LogP contribution in [0.25, 0.3) is 33.4 Å². The van der Waals surface area contributed by atoms with Crippen molar-refractivity contribution < 1.29 is 4.52 Å². The molecule has 4 rings (SSSR count). The average Bonchev–Trinajstić information content (AvgIpc) is 3.12. The van der Waals surface area contributed by atoms with E-state index in [0.29, 0.717) is 28.8 Å². The van der Waals surface area contributed by atoms with E-state index in [1.807, 2.05) is 43.3 Å². The average molecular weight is 351 g/mol. The number of nitrogens with two attached hydrogens (primary N) is 1. The van der Waals surface area contributed by atoms with Crippen LogP contribution < -0.4 is 5.73 Å². The van der Waals surface area contributed by atoms with Crippen molar-refractivity contribution in [2.24, 2.45) is 0 Å². The SMILES string of the molecule is CCc1nc(-c2cnc3ccc(-c4ccc(N)c(Cl)c4)cc3c2)no1. The van der Waals surface area contributed by atoms with E-state index in [1.165, 1.54) is 0 Å². The minimum atomic E-state index is 0.545. The van der Waals surface area contributed by atoms with Gasteiger partial charge in [-0.15, -0.1) is 0 Å². The molecule has 2 aromatic heterocycles. The highest BCUT2D eigenvalue weighted by Gasteiger charge is 2.09. The lowest BCUT2D eigenvalue weighted by Gasteiger charge is -2.06. The van der Waals surface area contributed by atoms with Crippen LogP contribution in [0.1, 0.15) is 12.8 Å². The van der Waals surface area contributed by atoms with Gasteiger partial charge in [-0.05, 0) is 41.5 Å². The number of benzene rings is 2. The van der Waals surface area contributed by atoms with Gasteiger partial charge in [0.25, 0.3) is 0 Å². The highest BCUT2D eigenvalue weighted by atomic mass is 35.5. The molecule has 0 aliphatic carbocycles. The molecule has 124 valence electrons. The molecular formula is C19H15ClN4O. The highest BCUT2D eigenvalue weighted by Crippen LogP contribution is 2.30. The molecule has 2 N–H and O–H groups in total. The summed E-state index contributed by atoms with van der Waals surface area (Å²) < 4.78 is 5.18. The molecule has 0 spiro atoms. The van der Waals surface area contributed by atoms with Crippen molar-refractivity contribution in [3.05, 3.63) is 59.6 Å². The van der Waals surface area contributed by atoms with Crippen LogP contribution in [0.5, 0.6) is 0 Å². The van der Waals surface area contributed by atoms with Crippen LogP contribution in [0.4, 0.5) is 5.69 Å². The van der Waals surface area contributed by atoms with Gasteiger partial charge in [-0.25, -0.2) is 0 Å². The molecule has 0 radical (unpaired) electrons.